The van der Waals surface area contributed by atoms with Crippen molar-refractivity contribution < 1.29 is 4.79 Å². The summed E-state index contributed by atoms with van der Waals surface area (Å²) in [5.74, 6) is 0.354. The van der Waals surface area contributed by atoms with Gasteiger partial charge >= 0.3 is 0 Å². The van der Waals surface area contributed by atoms with E-state index in [1.54, 1.807) is 0 Å². The van der Waals surface area contributed by atoms with Gasteiger partial charge in [0.2, 0.25) is 5.91 Å². The smallest absolute Gasteiger partial charge is 0.227 e. The molecule has 0 radical (unpaired) electrons. The highest BCUT2D eigenvalue weighted by Crippen LogP contribution is 2.30. The second-order valence-electron chi connectivity index (χ2n) is 5.43. The molecule has 21 heavy (non-hydrogen) atoms. The third-order valence-electron chi connectivity index (χ3n) is 3.80. The minimum absolute atomic E-state index is 0.132. The Hall–Kier alpha value is -2.62. The first-order valence-corrected chi connectivity index (χ1v) is 7.15. The van der Waals surface area contributed by atoms with E-state index in [4.69, 9.17) is 0 Å². The van der Waals surface area contributed by atoms with Crippen LogP contribution in [-0.2, 0) is 4.79 Å². The van der Waals surface area contributed by atoms with Crippen molar-refractivity contribution in [3.63, 3.8) is 0 Å². The van der Waals surface area contributed by atoms with Crippen LogP contribution in [0.3, 0.4) is 0 Å². The Labute approximate surface area is 122 Å². The van der Waals surface area contributed by atoms with Crippen LogP contribution >= 0.6 is 0 Å². The molecule has 1 aliphatic carbocycles. The van der Waals surface area contributed by atoms with Crippen LogP contribution in [0.2, 0.25) is 0 Å². The summed E-state index contributed by atoms with van der Waals surface area (Å²) in [4.78, 5) is 11.7. The summed E-state index contributed by atoms with van der Waals surface area (Å²) in [7, 11) is 0. The summed E-state index contributed by atoms with van der Waals surface area (Å²) in [6, 6.07) is 15.9. The summed E-state index contributed by atoms with van der Waals surface area (Å²) in [6.45, 7) is 0. The Balaban J connectivity index is 1.62. The average Bonchev–Trinajstić information content (AvgIpc) is 3.28. The van der Waals surface area contributed by atoms with E-state index in [1.165, 1.54) is 0 Å². The fourth-order valence-corrected chi connectivity index (χ4v) is 2.45. The molecule has 4 rings (SSSR count). The van der Waals surface area contributed by atoms with Crippen LogP contribution < -0.4 is 5.32 Å². The van der Waals surface area contributed by atoms with Gasteiger partial charge in [0.05, 0.1) is 17.4 Å². The molecule has 1 aromatic heterocycles. The topological polar surface area (TPSA) is 46.9 Å². The lowest BCUT2D eigenvalue weighted by Gasteiger charge is -2.07. The molecular weight excluding hydrogens is 262 g/mol. The number of nitrogens with one attached hydrogen (secondary N) is 1. The molecule has 1 amide bonds. The molecule has 1 aliphatic rings. The largest absolute Gasteiger partial charge is 0.326 e. The summed E-state index contributed by atoms with van der Waals surface area (Å²) < 4.78 is 1.90. The first-order valence-electron chi connectivity index (χ1n) is 7.15. The molecule has 0 atom stereocenters. The highest BCUT2D eigenvalue weighted by Gasteiger charge is 2.29. The van der Waals surface area contributed by atoms with E-state index in [0.29, 0.717) is 0 Å². The Morgan fingerprint density at radius 3 is 2.62 bits per heavy atom. The third-order valence-corrected chi connectivity index (χ3v) is 3.80. The number of hydrogen-bond acceptors (Lipinski definition) is 2. The van der Waals surface area contributed by atoms with Gasteiger partial charge in [0.15, 0.2) is 0 Å². The summed E-state index contributed by atoms with van der Waals surface area (Å²) in [5, 5.41) is 8.48. The minimum atomic E-state index is 0.132. The molecule has 1 heterocycles. The lowest BCUT2D eigenvalue weighted by molar-refractivity contribution is -0.117. The first-order chi connectivity index (χ1) is 10.3. The van der Waals surface area contributed by atoms with Crippen LogP contribution in [0.4, 0.5) is 5.69 Å². The molecule has 0 aliphatic heterocycles. The quantitative estimate of drug-likeness (QED) is 0.797. The number of amides is 1. The maximum atomic E-state index is 11.7. The van der Waals surface area contributed by atoms with Gasteiger partial charge in [-0.15, -0.1) is 0 Å². The zero-order valence-corrected chi connectivity index (χ0v) is 11.5. The van der Waals surface area contributed by atoms with E-state index in [-0.39, 0.29) is 11.8 Å². The predicted molar refractivity (Wildman–Crippen MR) is 82.4 cm³/mol. The van der Waals surface area contributed by atoms with Crippen LogP contribution in [0.5, 0.6) is 0 Å². The summed E-state index contributed by atoms with van der Waals surface area (Å²) in [5.41, 5.74) is 2.90. The molecule has 1 saturated carbocycles. The zero-order chi connectivity index (χ0) is 14.2. The van der Waals surface area contributed by atoms with Gasteiger partial charge in [0.1, 0.15) is 0 Å². The van der Waals surface area contributed by atoms with E-state index in [0.717, 1.165) is 35.1 Å². The van der Waals surface area contributed by atoms with Crippen molar-refractivity contribution in [3.8, 4) is 5.69 Å². The number of rotatable bonds is 3. The average molecular weight is 277 g/mol. The van der Waals surface area contributed by atoms with Gasteiger partial charge in [-0.05, 0) is 43.2 Å². The third kappa shape index (κ3) is 2.29. The summed E-state index contributed by atoms with van der Waals surface area (Å²) in [6.07, 6.45) is 3.89. The predicted octanol–water partition coefficient (Wildman–Crippen LogP) is 3.37. The Kier molecular flexibility index (Phi) is 2.74. The van der Waals surface area contributed by atoms with Crippen LogP contribution in [-0.4, -0.2) is 15.7 Å². The Morgan fingerprint density at radius 2 is 1.86 bits per heavy atom. The van der Waals surface area contributed by atoms with Gasteiger partial charge in [-0.25, -0.2) is 4.68 Å². The number of hydrogen-bond donors (Lipinski definition) is 1. The molecule has 3 aromatic rings. The monoisotopic (exact) mass is 277 g/mol. The maximum Gasteiger partial charge on any atom is 0.227 e. The van der Waals surface area contributed by atoms with Crippen LogP contribution in [0.25, 0.3) is 16.6 Å². The highest BCUT2D eigenvalue weighted by molar-refractivity contribution is 5.94. The van der Waals surface area contributed by atoms with Crippen molar-refractivity contribution in [2.24, 2.45) is 5.92 Å². The second kappa shape index (κ2) is 4.74. The van der Waals surface area contributed by atoms with Gasteiger partial charge in [-0.3, -0.25) is 4.79 Å². The molecule has 1 fully saturated rings. The van der Waals surface area contributed by atoms with Gasteiger partial charge in [-0.1, -0.05) is 18.2 Å². The Bertz CT molecular complexity index is 800. The number of benzene rings is 2. The van der Waals surface area contributed by atoms with Crippen LogP contribution in [0.15, 0.2) is 54.7 Å². The molecule has 2 aromatic carbocycles. The summed E-state index contributed by atoms with van der Waals surface area (Å²) >= 11 is 0. The Morgan fingerprint density at radius 1 is 1.10 bits per heavy atom. The van der Waals surface area contributed by atoms with Gasteiger partial charge < -0.3 is 5.32 Å². The molecule has 4 nitrogen and oxygen atoms in total. The minimum Gasteiger partial charge on any atom is -0.326 e. The highest BCUT2D eigenvalue weighted by atomic mass is 16.2. The van der Waals surface area contributed by atoms with E-state index >= 15 is 0 Å². The SMILES string of the molecule is O=C(Nc1ccc(-n2ncc3ccccc32)cc1)C1CC1. The van der Waals surface area contributed by atoms with Crippen molar-refractivity contribution >= 4 is 22.5 Å². The lowest BCUT2D eigenvalue weighted by Crippen LogP contribution is -2.13. The van der Waals surface area contributed by atoms with E-state index in [1.807, 2.05) is 59.4 Å². The molecular formula is C17H15N3O. The van der Waals surface area contributed by atoms with Gasteiger partial charge in [-0.2, -0.15) is 5.10 Å². The van der Waals surface area contributed by atoms with Crippen LogP contribution in [0.1, 0.15) is 12.8 Å². The fourth-order valence-electron chi connectivity index (χ4n) is 2.45. The zero-order valence-electron chi connectivity index (χ0n) is 11.5. The number of anilines is 1. The normalized spacial score (nSPS) is 14.3. The number of aromatic nitrogens is 2. The molecule has 0 unspecified atom stereocenters. The van der Waals surface area contributed by atoms with Gasteiger partial charge in [0, 0.05) is 17.0 Å². The maximum absolute atomic E-state index is 11.7. The van der Waals surface area contributed by atoms with Gasteiger partial charge in [0.25, 0.3) is 0 Å². The van der Waals surface area contributed by atoms with E-state index in [9.17, 15) is 4.79 Å². The number of carbonyl (C=O) groups is 1. The van der Waals surface area contributed by atoms with Crippen LogP contribution in [0, 0.1) is 5.92 Å². The van der Waals surface area contributed by atoms with Crippen molar-refractivity contribution in [1.82, 2.24) is 9.78 Å². The first kappa shape index (κ1) is 12.1. The van der Waals surface area contributed by atoms with Crippen molar-refractivity contribution in [3.05, 3.63) is 54.7 Å². The molecule has 0 bridgehead atoms. The molecule has 0 spiro atoms. The molecule has 104 valence electrons. The molecule has 1 N–H and O–H groups in total. The molecule has 0 saturated heterocycles. The van der Waals surface area contributed by atoms with Crippen molar-refractivity contribution in [2.45, 2.75) is 12.8 Å². The van der Waals surface area contributed by atoms with E-state index in [2.05, 4.69) is 10.4 Å². The van der Waals surface area contributed by atoms with Crippen molar-refractivity contribution in [1.29, 1.82) is 0 Å². The lowest BCUT2D eigenvalue weighted by atomic mass is 10.2. The number of carbonyl (C=O) groups excluding carboxylic acids is 1. The van der Waals surface area contributed by atoms with E-state index < -0.39 is 0 Å². The fraction of sp³-hybridized carbons (Fsp3) is 0.176. The standard InChI is InChI=1S/C17H15N3O/c21-17(12-5-6-12)19-14-7-9-15(10-8-14)20-16-4-2-1-3-13(16)11-18-20/h1-4,7-12H,5-6H2,(H,19,21). The number of nitrogens with zero attached hydrogens (tertiary/aromatic N) is 2. The number of fused-ring (bicyclic) bond motifs is 1. The molecule has 4 heteroatoms. The van der Waals surface area contributed by atoms with Crippen molar-refractivity contribution in [2.75, 3.05) is 5.32 Å². The second-order valence-corrected chi connectivity index (χ2v) is 5.43. The number of para-hydroxylation sites is 1.